The number of hydrogen-bond acceptors (Lipinski definition) is 3. The molecule has 1 N–H and O–H groups in total. The maximum absolute atomic E-state index is 13.8. The number of nitrogens with one attached hydrogen (secondary N) is 1. The van der Waals surface area contributed by atoms with Gasteiger partial charge in [-0.1, -0.05) is 0 Å². The predicted octanol–water partition coefficient (Wildman–Crippen LogP) is 3.60. The summed E-state index contributed by atoms with van der Waals surface area (Å²) in [6.45, 7) is 1.71. The molecule has 24 heavy (non-hydrogen) atoms. The van der Waals surface area contributed by atoms with Crippen molar-refractivity contribution in [1.29, 1.82) is 0 Å². The van der Waals surface area contributed by atoms with Crippen molar-refractivity contribution in [3.8, 4) is 5.75 Å². The van der Waals surface area contributed by atoms with Crippen LogP contribution in [0.25, 0.3) is 0 Å². The molecule has 0 spiro atoms. The molecule has 1 atom stereocenters. The Bertz CT molecular complexity index is 703. The number of halogens is 2. The van der Waals surface area contributed by atoms with Gasteiger partial charge in [0.2, 0.25) is 0 Å². The topological polar surface area (TPSA) is 41.6 Å². The van der Waals surface area contributed by atoms with Crippen LogP contribution in [0.2, 0.25) is 0 Å². The highest BCUT2D eigenvalue weighted by molar-refractivity contribution is 5.77. The molecule has 0 fully saturated rings. The fraction of sp³-hybridized carbons (Fsp3) is 0.278. The first kappa shape index (κ1) is 17.7. The van der Waals surface area contributed by atoms with Crippen LogP contribution in [0.15, 0.2) is 42.5 Å². The van der Waals surface area contributed by atoms with Crippen LogP contribution in [0.1, 0.15) is 18.5 Å². The second-order valence-electron chi connectivity index (χ2n) is 5.63. The van der Waals surface area contributed by atoms with E-state index in [9.17, 15) is 13.6 Å². The molecule has 128 valence electrons. The second-order valence-corrected chi connectivity index (χ2v) is 5.63. The van der Waals surface area contributed by atoms with E-state index < -0.39 is 17.7 Å². The van der Waals surface area contributed by atoms with Gasteiger partial charge in [0.15, 0.2) is 6.61 Å². The molecule has 2 rings (SSSR count). The number of nitrogens with zero attached hydrogens (tertiary/aromatic N) is 1. The zero-order valence-electron chi connectivity index (χ0n) is 13.8. The van der Waals surface area contributed by atoms with Crippen LogP contribution in [0.4, 0.5) is 14.5 Å². The number of ether oxygens (including phenoxy) is 1. The molecule has 4 nitrogen and oxygen atoms in total. The number of carbonyl (C=O) groups is 1. The molecule has 0 aliphatic carbocycles. The monoisotopic (exact) mass is 334 g/mol. The Morgan fingerprint density at radius 3 is 2.46 bits per heavy atom. The third kappa shape index (κ3) is 4.68. The average molecular weight is 334 g/mol. The Balaban J connectivity index is 1.98. The highest BCUT2D eigenvalue weighted by Crippen LogP contribution is 2.24. The third-order valence-corrected chi connectivity index (χ3v) is 3.52. The minimum Gasteiger partial charge on any atom is -0.484 e. The zero-order chi connectivity index (χ0) is 17.7. The fourth-order valence-corrected chi connectivity index (χ4v) is 2.10. The van der Waals surface area contributed by atoms with Gasteiger partial charge in [0.1, 0.15) is 17.4 Å². The molecule has 2 aromatic rings. The molecule has 0 aliphatic heterocycles. The largest absolute Gasteiger partial charge is 0.484 e. The molecule has 0 heterocycles. The fourth-order valence-electron chi connectivity index (χ4n) is 2.10. The molecule has 6 heteroatoms. The summed E-state index contributed by atoms with van der Waals surface area (Å²) in [7, 11) is 3.32. The molecular weight excluding hydrogens is 314 g/mol. The first-order valence-electron chi connectivity index (χ1n) is 7.51. The van der Waals surface area contributed by atoms with Gasteiger partial charge in [0.05, 0.1) is 6.04 Å². The van der Waals surface area contributed by atoms with Crippen molar-refractivity contribution in [3.05, 3.63) is 59.7 Å². The second kappa shape index (κ2) is 7.77. The lowest BCUT2D eigenvalue weighted by Gasteiger charge is -2.17. The maximum atomic E-state index is 13.8. The summed E-state index contributed by atoms with van der Waals surface area (Å²) in [5, 5.41) is 3.10. The molecule has 0 unspecified atom stereocenters. The molecule has 1 amide bonds. The first-order valence-corrected chi connectivity index (χ1v) is 7.51. The Hall–Kier alpha value is -2.63. The van der Waals surface area contributed by atoms with Crippen molar-refractivity contribution in [2.24, 2.45) is 0 Å². The van der Waals surface area contributed by atoms with Crippen LogP contribution in [-0.2, 0) is 4.79 Å². The number of carbonyl (C=O) groups excluding carboxylic acids is 1. The Labute approximate surface area is 140 Å². The molecule has 0 saturated heterocycles. The Morgan fingerprint density at radius 1 is 1.17 bits per heavy atom. The van der Waals surface area contributed by atoms with Crippen LogP contribution in [0, 0.1) is 11.6 Å². The van der Waals surface area contributed by atoms with E-state index in [-0.39, 0.29) is 18.1 Å². The summed E-state index contributed by atoms with van der Waals surface area (Å²) >= 11 is 0. The van der Waals surface area contributed by atoms with E-state index in [1.165, 1.54) is 11.0 Å². The highest BCUT2D eigenvalue weighted by Gasteiger charge is 2.12. The van der Waals surface area contributed by atoms with Crippen molar-refractivity contribution >= 4 is 11.6 Å². The molecule has 0 aromatic heterocycles. The van der Waals surface area contributed by atoms with Gasteiger partial charge in [-0.15, -0.1) is 0 Å². The van der Waals surface area contributed by atoms with Crippen LogP contribution in [0.3, 0.4) is 0 Å². The summed E-state index contributed by atoms with van der Waals surface area (Å²) in [6, 6.07) is 9.90. The minimum atomic E-state index is -0.477. The maximum Gasteiger partial charge on any atom is 0.259 e. The molecule has 0 radical (unpaired) electrons. The summed E-state index contributed by atoms with van der Waals surface area (Å²) in [5.41, 5.74) is 0.990. The van der Waals surface area contributed by atoms with Gasteiger partial charge in [-0.2, -0.15) is 0 Å². The lowest BCUT2D eigenvalue weighted by atomic mass is 10.1. The van der Waals surface area contributed by atoms with Crippen molar-refractivity contribution in [2.75, 3.05) is 26.0 Å². The standard InChI is InChI=1S/C18H20F2N2O2/c1-12(16-10-13(19)4-9-17(16)20)21-14-5-7-15(8-6-14)24-11-18(23)22(2)3/h4-10,12,21H,11H2,1-3H3/t12-/m1/s1. The van der Waals surface area contributed by atoms with E-state index in [0.29, 0.717) is 5.75 Å². The Morgan fingerprint density at radius 2 is 1.83 bits per heavy atom. The molecule has 0 bridgehead atoms. The summed E-state index contributed by atoms with van der Waals surface area (Å²) < 4.78 is 32.4. The van der Waals surface area contributed by atoms with Crippen LogP contribution >= 0.6 is 0 Å². The lowest BCUT2D eigenvalue weighted by molar-refractivity contribution is -0.130. The molecular formula is C18H20F2N2O2. The Kier molecular flexibility index (Phi) is 5.73. The highest BCUT2D eigenvalue weighted by atomic mass is 19.1. The van der Waals surface area contributed by atoms with E-state index in [0.717, 1.165) is 17.8 Å². The quantitative estimate of drug-likeness (QED) is 0.877. The van der Waals surface area contributed by atoms with E-state index in [2.05, 4.69) is 5.32 Å². The van der Waals surface area contributed by atoms with E-state index in [4.69, 9.17) is 4.74 Å². The molecule has 2 aromatic carbocycles. The summed E-state index contributed by atoms with van der Waals surface area (Å²) in [6.07, 6.45) is 0. The molecule has 0 aliphatic rings. The van der Waals surface area contributed by atoms with Crippen molar-refractivity contribution in [1.82, 2.24) is 4.90 Å². The first-order chi connectivity index (χ1) is 11.4. The molecule has 0 saturated carbocycles. The van der Waals surface area contributed by atoms with Gasteiger partial charge in [-0.3, -0.25) is 4.79 Å². The van der Waals surface area contributed by atoms with Gasteiger partial charge in [0, 0.05) is 25.3 Å². The van der Waals surface area contributed by atoms with E-state index in [1.54, 1.807) is 45.3 Å². The van der Waals surface area contributed by atoms with Crippen molar-refractivity contribution in [2.45, 2.75) is 13.0 Å². The van der Waals surface area contributed by atoms with Gasteiger partial charge < -0.3 is 15.0 Å². The van der Waals surface area contributed by atoms with E-state index >= 15 is 0 Å². The van der Waals surface area contributed by atoms with Crippen LogP contribution < -0.4 is 10.1 Å². The third-order valence-electron chi connectivity index (χ3n) is 3.52. The number of anilines is 1. The lowest BCUT2D eigenvalue weighted by Crippen LogP contribution is -2.27. The predicted molar refractivity (Wildman–Crippen MR) is 89.0 cm³/mol. The summed E-state index contributed by atoms with van der Waals surface area (Å²) in [4.78, 5) is 12.9. The normalized spacial score (nSPS) is 11.7. The van der Waals surface area contributed by atoms with Crippen LogP contribution in [-0.4, -0.2) is 31.5 Å². The minimum absolute atomic E-state index is 0.0370. The number of likely N-dealkylation sites (N-methyl/N-ethyl adjacent to an activating group) is 1. The van der Waals surface area contributed by atoms with Crippen molar-refractivity contribution in [3.63, 3.8) is 0 Å². The zero-order valence-corrected chi connectivity index (χ0v) is 13.8. The van der Waals surface area contributed by atoms with Crippen LogP contribution in [0.5, 0.6) is 5.75 Å². The number of benzene rings is 2. The van der Waals surface area contributed by atoms with E-state index in [1.807, 2.05) is 0 Å². The number of amides is 1. The van der Waals surface area contributed by atoms with Gasteiger partial charge in [-0.25, -0.2) is 8.78 Å². The van der Waals surface area contributed by atoms with Gasteiger partial charge in [-0.05, 0) is 49.4 Å². The van der Waals surface area contributed by atoms with Gasteiger partial charge >= 0.3 is 0 Å². The number of rotatable bonds is 6. The number of hydrogen-bond donors (Lipinski definition) is 1. The smallest absolute Gasteiger partial charge is 0.259 e. The van der Waals surface area contributed by atoms with Crippen molar-refractivity contribution < 1.29 is 18.3 Å². The van der Waals surface area contributed by atoms with Gasteiger partial charge in [0.25, 0.3) is 5.91 Å². The SMILES string of the molecule is C[C@@H](Nc1ccc(OCC(=O)N(C)C)cc1)c1cc(F)ccc1F. The average Bonchev–Trinajstić information content (AvgIpc) is 2.55. The summed E-state index contributed by atoms with van der Waals surface area (Å²) in [5.74, 6) is -0.513.